The lowest BCUT2D eigenvalue weighted by molar-refractivity contribution is -0.148. The van der Waals surface area contributed by atoms with Gasteiger partial charge in [-0.1, -0.05) is 64.4 Å². The SMILES string of the molecule is CC[C@H](C)[C@H](NC(=O)[C@H]1CCCN1C(=O)[C@H](O)[C@H](Cc1ccccc1)NC(=O)OC(C)(C)C)C(=O)N[C@H](C(=O)OC)C(C)C. The van der Waals surface area contributed by atoms with Crippen molar-refractivity contribution in [3.8, 4) is 0 Å². The van der Waals surface area contributed by atoms with Crippen LogP contribution >= 0.6 is 0 Å². The largest absolute Gasteiger partial charge is 0.467 e. The van der Waals surface area contributed by atoms with Crippen LogP contribution in [-0.2, 0) is 35.1 Å². The van der Waals surface area contributed by atoms with E-state index in [0.717, 1.165) is 5.56 Å². The Morgan fingerprint density at radius 1 is 1.00 bits per heavy atom. The van der Waals surface area contributed by atoms with Crippen molar-refractivity contribution in [3.05, 3.63) is 35.9 Å². The summed E-state index contributed by atoms with van der Waals surface area (Å²) in [5.74, 6) is -2.90. The van der Waals surface area contributed by atoms with Crippen LogP contribution in [0.1, 0.15) is 73.3 Å². The number of hydrogen-bond donors (Lipinski definition) is 4. The zero-order valence-electron chi connectivity index (χ0n) is 27.2. The summed E-state index contributed by atoms with van der Waals surface area (Å²) in [6.45, 7) is 12.6. The van der Waals surface area contributed by atoms with Crippen molar-refractivity contribution in [1.82, 2.24) is 20.9 Å². The Balaban J connectivity index is 2.24. The third-order valence-corrected chi connectivity index (χ3v) is 7.69. The molecule has 0 radical (unpaired) electrons. The first-order chi connectivity index (χ1) is 20.6. The molecule has 4 amide bonds. The standard InChI is InChI=1S/C32H50N4O8/c1-9-20(4)25(28(39)34-24(19(2)3)30(41)43-8)35-27(38)23-16-13-17-36(23)29(40)26(37)22(18-21-14-11-10-12-15-21)33-31(42)44-32(5,6)7/h10-12,14-15,19-20,22-26,37H,9,13,16-18H2,1-8H3,(H,33,42)(H,34,39)(H,35,38)/t20-,22-,23+,24-,25-,26+/m0/s1. The van der Waals surface area contributed by atoms with Gasteiger partial charge in [0.1, 0.15) is 23.7 Å². The van der Waals surface area contributed by atoms with Crippen LogP contribution in [0.2, 0.25) is 0 Å². The predicted molar refractivity (Wildman–Crippen MR) is 164 cm³/mol. The molecule has 44 heavy (non-hydrogen) atoms. The molecule has 0 aliphatic carbocycles. The van der Waals surface area contributed by atoms with Crippen molar-refractivity contribution in [3.63, 3.8) is 0 Å². The Labute approximate surface area is 260 Å². The minimum Gasteiger partial charge on any atom is -0.467 e. The highest BCUT2D eigenvalue weighted by Crippen LogP contribution is 2.22. The monoisotopic (exact) mass is 618 g/mol. The number of nitrogens with one attached hydrogen (secondary N) is 3. The number of aliphatic hydroxyl groups is 1. The molecule has 12 heteroatoms. The van der Waals surface area contributed by atoms with E-state index in [4.69, 9.17) is 9.47 Å². The van der Waals surface area contributed by atoms with Crippen LogP contribution in [-0.4, -0.2) is 89.3 Å². The Hall–Kier alpha value is -3.67. The van der Waals surface area contributed by atoms with Crippen molar-refractivity contribution in [1.29, 1.82) is 0 Å². The molecule has 2 rings (SSSR count). The number of rotatable bonds is 13. The van der Waals surface area contributed by atoms with Crippen molar-refractivity contribution < 1.29 is 38.6 Å². The topological polar surface area (TPSA) is 163 Å². The van der Waals surface area contributed by atoms with E-state index in [1.807, 2.05) is 44.2 Å². The number of carbonyl (C=O) groups excluding carboxylic acids is 5. The number of nitrogens with zero attached hydrogens (tertiary/aromatic N) is 1. The van der Waals surface area contributed by atoms with E-state index in [-0.39, 0.29) is 24.8 Å². The van der Waals surface area contributed by atoms with Gasteiger partial charge in [-0.25, -0.2) is 9.59 Å². The maximum Gasteiger partial charge on any atom is 0.407 e. The van der Waals surface area contributed by atoms with Gasteiger partial charge in [0, 0.05) is 6.54 Å². The van der Waals surface area contributed by atoms with Crippen molar-refractivity contribution >= 4 is 29.8 Å². The number of hydrogen-bond acceptors (Lipinski definition) is 8. The molecule has 1 aromatic rings. The molecule has 1 aliphatic rings. The zero-order valence-corrected chi connectivity index (χ0v) is 27.2. The maximum absolute atomic E-state index is 13.7. The summed E-state index contributed by atoms with van der Waals surface area (Å²) in [4.78, 5) is 66.7. The molecule has 1 heterocycles. The molecule has 1 aromatic carbocycles. The minimum absolute atomic E-state index is 0.144. The van der Waals surface area contributed by atoms with Gasteiger partial charge in [0.2, 0.25) is 11.8 Å². The fraction of sp³-hybridized carbons (Fsp3) is 0.656. The van der Waals surface area contributed by atoms with Crippen molar-refractivity contribution in [2.75, 3.05) is 13.7 Å². The first-order valence-electron chi connectivity index (χ1n) is 15.3. The highest BCUT2D eigenvalue weighted by atomic mass is 16.6. The fourth-order valence-corrected chi connectivity index (χ4v) is 5.03. The molecule has 4 N–H and O–H groups in total. The third kappa shape index (κ3) is 10.5. The van der Waals surface area contributed by atoms with Crippen LogP contribution in [0.15, 0.2) is 30.3 Å². The van der Waals surface area contributed by atoms with E-state index in [1.54, 1.807) is 34.6 Å². The second-order valence-electron chi connectivity index (χ2n) is 12.7. The molecule has 0 unspecified atom stereocenters. The number of likely N-dealkylation sites (tertiary alicyclic amines) is 1. The summed E-state index contributed by atoms with van der Waals surface area (Å²) in [5.41, 5.74) is -0.0101. The fourth-order valence-electron chi connectivity index (χ4n) is 5.03. The molecule has 0 aromatic heterocycles. The predicted octanol–water partition coefficient (Wildman–Crippen LogP) is 2.32. The van der Waals surface area contributed by atoms with Crippen LogP contribution in [0.4, 0.5) is 4.79 Å². The molecule has 0 saturated carbocycles. The van der Waals surface area contributed by atoms with Gasteiger partial charge in [-0.15, -0.1) is 0 Å². The Morgan fingerprint density at radius 2 is 1.64 bits per heavy atom. The van der Waals surface area contributed by atoms with Gasteiger partial charge >= 0.3 is 12.1 Å². The molecule has 1 aliphatic heterocycles. The van der Waals surface area contributed by atoms with Gasteiger partial charge in [-0.3, -0.25) is 14.4 Å². The average molecular weight is 619 g/mol. The average Bonchev–Trinajstić information content (AvgIpc) is 3.46. The van der Waals surface area contributed by atoms with Crippen molar-refractivity contribution in [2.45, 2.75) is 110 Å². The molecule has 6 atom stereocenters. The number of ether oxygens (including phenoxy) is 2. The normalized spacial score (nSPS) is 18.4. The van der Waals surface area contributed by atoms with Crippen LogP contribution < -0.4 is 16.0 Å². The maximum atomic E-state index is 13.7. The third-order valence-electron chi connectivity index (χ3n) is 7.69. The van der Waals surface area contributed by atoms with Crippen LogP contribution in [0.25, 0.3) is 0 Å². The minimum atomic E-state index is -1.67. The summed E-state index contributed by atoms with van der Waals surface area (Å²) in [5, 5.41) is 19.4. The molecule has 0 spiro atoms. The Morgan fingerprint density at radius 3 is 2.18 bits per heavy atom. The summed E-state index contributed by atoms with van der Waals surface area (Å²) >= 11 is 0. The van der Waals surface area contributed by atoms with Crippen LogP contribution in [0.5, 0.6) is 0 Å². The zero-order chi connectivity index (χ0) is 33.2. The Bertz CT molecular complexity index is 1140. The molecule has 1 saturated heterocycles. The lowest BCUT2D eigenvalue weighted by Crippen LogP contribution is -2.59. The van der Waals surface area contributed by atoms with E-state index < -0.39 is 65.7 Å². The molecule has 12 nitrogen and oxygen atoms in total. The number of aliphatic hydroxyl groups excluding tert-OH is 1. The number of carbonyl (C=O) groups is 5. The van der Waals surface area contributed by atoms with E-state index in [2.05, 4.69) is 16.0 Å². The molecule has 1 fully saturated rings. The summed E-state index contributed by atoms with van der Waals surface area (Å²) in [6, 6.07) is 5.26. The highest BCUT2D eigenvalue weighted by molar-refractivity contribution is 5.94. The Kier molecular flexibility index (Phi) is 13.6. The van der Waals surface area contributed by atoms with Crippen LogP contribution in [0, 0.1) is 11.8 Å². The van der Waals surface area contributed by atoms with Gasteiger partial charge in [-0.2, -0.15) is 0 Å². The molecular weight excluding hydrogens is 568 g/mol. The molecule has 246 valence electrons. The summed E-state index contributed by atoms with van der Waals surface area (Å²) in [6.07, 6.45) is -0.903. The van der Waals surface area contributed by atoms with Gasteiger partial charge in [-0.05, 0) is 57.4 Å². The first kappa shape index (κ1) is 36.5. The number of methoxy groups -OCH3 is 1. The number of esters is 1. The molecular formula is C32H50N4O8. The van der Waals surface area contributed by atoms with E-state index in [1.165, 1.54) is 12.0 Å². The van der Waals surface area contributed by atoms with Gasteiger partial charge < -0.3 is 35.4 Å². The van der Waals surface area contributed by atoms with E-state index >= 15 is 0 Å². The summed E-state index contributed by atoms with van der Waals surface area (Å²) < 4.78 is 10.2. The quantitative estimate of drug-likeness (QED) is 0.245. The van der Waals surface area contributed by atoms with E-state index in [0.29, 0.717) is 19.3 Å². The molecule has 0 bridgehead atoms. The van der Waals surface area contributed by atoms with Crippen molar-refractivity contribution in [2.24, 2.45) is 11.8 Å². The van der Waals surface area contributed by atoms with Crippen LogP contribution in [0.3, 0.4) is 0 Å². The lowest BCUT2D eigenvalue weighted by atomic mass is 9.96. The second-order valence-corrected chi connectivity index (χ2v) is 12.7. The first-order valence-corrected chi connectivity index (χ1v) is 15.3. The van der Waals surface area contributed by atoms with Gasteiger partial charge in [0.05, 0.1) is 13.2 Å². The number of amides is 4. The second kappa shape index (κ2) is 16.4. The highest BCUT2D eigenvalue weighted by Gasteiger charge is 2.41. The van der Waals surface area contributed by atoms with Gasteiger partial charge in [0.15, 0.2) is 6.10 Å². The summed E-state index contributed by atoms with van der Waals surface area (Å²) in [7, 11) is 1.24. The van der Waals surface area contributed by atoms with Gasteiger partial charge in [0.25, 0.3) is 5.91 Å². The number of alkyl carbamates (subject to hydrolysis) is 1. The smallest absolute Gasteiger partial charge is 0.407 e. The lowest BCUT2D eigenvalue weighted by Gasteiger charge is -2.32. The number of benzene rings is 1. The van der Waals surface area contributed by atoms with E-state index in [9.17, 15) is 29.1 Å².